The molecule has 8 heteroatoms. The second-order valence-corrected chi connectivity index (χ2v) is 8.49. The SMILES string of the molecule is O=C(Cc1csc(-c2cccc(Cl)c2)n1)Nc1nc(-c2cccs2)cs1. The highest BCUT2D eigenvalue weighted by molar-refractivity contribution is 7.16. The minimum atomic E-state index is -0.125. The number of anilines is 1. The smallest absolute Gasteiger partial charge is 0.232 e. The van der Waals surface area contributed by atoms with Gasteiger partial charge >= 0.3 is 0 Å². The molecule has 26 heavy (non-hydrogen) atoms. The van der Waals surface area contributed by atoms with Crippen LogP contribution in [0.5, 0.6) is 0 Å². The van der Waals surface area contributed by atoms with E-state index < -0.39 is 0 Å². The summed E-state index contributed by atoms with van der Waals surface area (Å²) in [6, 6.07) is 11.5. The predicted molar refractivity (Wildman–Crippen MR) is 110 cm³/mol. The quantitative estimate of drug-likeness (QED) is 0.444. The molecule has 0 aliphatic rings. The number of nitrogens with zero attached hydrogens (tertiary/aromatic N) is 2. The second-order valence-electron chi connectivity index (χ2n) is 5.39. The van der Waals surface area contributed by atoms with Gasteiger partial charge in [-0.1, -0.05) is 29.8 Å². The van der Waals surface area contributed by atoms with Crippen molar-refractivity contribution in [3.63, 3.8) is 0 Å². The van der Waals surface area contributed by atoms with Gasteiger partial charge in [-0.3, -0.25) is 4.79 Å². The van der Waals surface area contributed by atoms with Gasteiger partial charge in [0.25, 0.3) is 0 Å². The lowest BCUT2D eigenvalue weighted by Crippen LogP contribution is -2.14. The molecule has 3 aromatic heterocycles. The molecule has 0 saturated carbocycles. The van der Waals surface area contributed by atoms with Crippen LogP contribution >= 0.6 is 45.6 Å². The third-order valence-corrected chi connectivity index (χ3v) is 6.31. The highest BCUT2D eigenvalue weighted by atomic mass is 35.5. The maximum Gasteiger partial charge on any atom is 0.232 e. The first-order chi connectivity index (χ1) is 12.7. The van der Waals surface area contributed by atoms with Crippen LogP contribution in [-0.2, 0) is 11.2 Å². The molecule has 0 spiro atoms. The van der Waals surface area contributed by atoms with Crippen molar-refractivity contribution in [2.45, 2.75) is 6.42 Å². The van der Waals surface area contributed by atoms with Crippen molar-refractivity contribution in [1.82, 2.24) is 9.97 Å². The minimum absolute atomic E-state index is 0.125. The summed E-state index contributed by atoms with van der Waals surface area (Å²) in [5, 5.41) is 10.8. The lowest BCUT2D eigenvalue weighted by atomic mass is 10.2. The van der Waals surface area contributed by atoms with Crippen molar-refractivity contribution in [3.8, 4) is 21.1 Å². The number of aromatic nitrogens is 2. The number of carbonyl (C=O) groups excluding carboxylic acids is 1. The molecule has 4 aromatic rings. The van der Waals surface area contributed by atoms with Gasteiger partial charge < -0.3 is 5.32 Å². The summed E-state index contributed by atoms with van der Waals surface area (Å²) < 4.78 is 0. The molecule has 0 radical (unpaired) electrons. The van der Waals surface area contributed by atoms with E-state index in [-0.39, 0.29) is 12.3 Å². The molecule has 3 heterocycles. The molecule has 0 atom stereocenters. The second kappa shape index (κ2) is 7.67. The Hall–Kier alpha value is -2.06. The number of hydrogen-bond acceptors (Lipinski definition) is 6. The molecule has 1 N–H and O–H groups in total. The molecule has 0 fully saturated rings. The van der Waals surface area contributed by atoms with Gasteiger partial charge in [-0.15, -0.1) is 34.0 Å². The summed E-state index contributed by atoms with van der Waals surface area (Å²) >= 11 is 10.6. The molecule has 0 bridgehead atoms. The molecule has 1 amide bonds. The Balaban J connectivity index is 1.41. The summed E-state index contributed by atoms with van der Waals surface area (Å²) in [7, 11) is 0. The Labute approximate surface area is 167 Å². The van der Waals surface area contributed by atoms with E-state index in [1.165, 1.54) is 22.7 Å². The Morgan fingerprint density at radius 3 is 2.81 bits per heavy atom. The van der Waals surface area contributed by atoms with Gasteiger partial charge in [0.15, 0.2) is 5.13 Å². The van der Waals surface area contributed by atoms with Gasteiger partial charge in [-0.25, -0.2) is 9.97 Å². The average Bonchev–Trinajstić information content (AvgIpc) is 3.36. The lowest BCUT2D eigenvalue weighted by molar-refractivity contribution is -0.115. The van der Waals surface area contributed by atoms with Gasteiger partial charge in [0.05, 0.1) is 22.7 Å². The predicted octanol–water partition coefficient (Wildman–Crippen LogP) is 5.83. The minimum Gasteiger partial charge on any atom is -0.302 e. The van der Waals surface area contributed by atoms with Crippen LogP contribution in [0.15, 0.2) is 52.5 Å². The van der Waals surface area contributed by atoms with Crippen molar-refractivity contribution < 1.29 is 4.79 Å². The number of hydrogen-bond donors (Lipinski definition) is 1. The van der Waals surface area contributed by atoms with Crippen molar-refractivity contribution in [2.24, 2.45) is 0 Å². The summed E-state index contributed by atoms with van der Waals surface area (Å²) in [5.74, 6) is -0.125. The van der Waals surface area contributed by atoms with Crippen LogP contribution in [0.2, 0.25) is 5.02 Å². The topological polar surface area (TPSA) is 54.9 Å². The van der Waals surface area contributed by atoms with E-state index >= 15 is 0 Å². The normalized spacial score (nSPS) is 10.8. The third kappa shape index (κ3) is 4.02. The largest absolute Gasteiger partial charge is 0.302 e. The highest BCUT2D eigenvalue weighted by Crippen LogP contribution is 2.29. The highest BCUT2D eigenvalue weighted by Gasteiger charge is 2.12. The fraction of sp³-hybridized carbons (Fsp3) is 0.0556. The number of amides is 1. The maximum atomic E-state index is 12.3. The summed E-state index contributed by atoms with van der Waals surface area (Å²) in [6.45, 7) is 0. The van der Waals surface area contributed by atoms with Gasteiger partial charge in [0.2, 0.25) is 5.91 Å². The van der Waals surface area contributed by atoms with Gasteiger partial charge in [-0.05, 0) is 23.6 Å². The number of nitrogens with one attached hydrogen (secondary N) is 1. The van der Waals surface area contributed by atoms with Crippen molar-refractivity contribution in [2.75, 3.05) is 5.32 Å². The average molecular weight is 418 g/mol. The zero-order valence-electron chi connectivity index (χ0n) is 13.3. The monoisotopic (exact) mass is 417 g/mol. The van der Waals surface area contributed by atoms with Crippen LogP contribution in [-0.4, -0.2) is 15.9 Å². The standard InChI is InChI=1S/C18H12ClN3OS3/c19-12-4-1-3-11(7-12)17-20-13(9-25-17)8-16(23)22-18-21-14(10-26-18)15-5-2-6-24-15/h1-7,9-10H,8H2,(H,21,22,23). The van der Waals surface area contributed by atoms with Crippen LogP contribution in [0.3, 0.4) is 0 Å². The molecule has 0 aliphatic carbocycles. The number of thiophene rings is 1. The molecule has 0 aliphatic heterocycles. The fourth-order valence-corrected chi connectivity index (χ4v) is 4.83. The van der Waals surface area contributed by atoms with E-state index in [0.717, 1.165) is 26.8 Å². The Morgan fingerprint density at radius 2 is 2.00 bits per heavy atom. The maximum absolute atomic E-state index is 12.3. The van der Waals surface area contributed by atoms with E-state index in [0.29, 0.717) is 10.2 Å². The van der Waals surface area contributed by atoms with Crippen LogP contribution in [0, 0.1) is 0 Å². The number of halogens is 1. The van der Waals surface area contributed by atoms with Crippen LogP contribution in [0.25, 0.3) is 21.1 Å². The zero-order chi connectivity index (χ0) is 17.9. The Morgan fingerprint density at radius 1 is 1.08 bits per heavy atom. The summed E-state index contributed by atoms with van der Waals surface area (Å²) in [4.78, 5) is 22.4. The number of carbonyl (C=O) groups is 1. The third-order valence-electron chi connectivity index (χ3n) is 3.49. The molecule has 130 valence electrons. The zero-order valence-corrected chi connectivity index (χ0v) is 16.5. The number of rotatable bonds is 5. The van der Waals surface area contributed by atoms with Crippen LogP contribution < -0.4 is 5.32 Å². The van der Waals surface area contributed by atoms with Gasteiger partial charge in [-0.2, -0.15) is 0 Å². The number of benzene rings is 1. The molecule has 4 rings (SSSR count). The fourth-order valence-electron chi connectivity index (χ4n) is 2.34. The molecule has 1 aromatic carbocycles. The molecular weight excluding hydrogens is 406 g/mol. The number of thiazole rings is 2. The molecular formula is C18H12ClN3OS3. The van der Waals surface area contributed by atoms with E-state index in [4.69, 9.17) is 11.6 Å². The van der Waals surface area contributed by atoms with E-state index in [9.17, 15) is 4.79 Å². The lowest BCUT2D eigenvalue weighted by Gasteiger charge is -1.99. The first kappa shape index (κ1) is 17.4. The molecule has 0 unspecified atom stereocenters. The first-order valence-corrected chi connectivity index (χ1v) is 10.7. The van der Waals surface area contributed by atoms with E-state index in [1.807, 2.05) is 52.5 Å². The Kier molecular flexibility index (Phi) is 5.12. The van der Waals surface area contributed by atoms with Crippen molar-refractivity contribution >= 4 is 56.7 Å². The summed E-state index contributed by atoms with van der Waals surface area (Å²) in [6.07, 6.45) is 0.213. The van der Waals surface area contributed by atoms with Gasteiger partial charge in [0, 0.05) is 21.3 Å². The van der Waals surface area contributed by atoms with Crippen molar-refractivity contribution in [3.05, 3.63) is 63.3 Å². The van der Waals surface area contributed by atoms with Crippen LogP contribution in [0.4, 0.5) is 5.13 Å². The molecule has 4 nitrogen and oxygen atoms in total. The van der Waals surface area contributed by atoms with E-state index in [2.05, 4.69) is 15.3 Å². The van der Waals surface area contributed by atoms with Gasteiger partial charge in [0.1, 0.15) is 5.01 Å². The molecule has 0 saturated heterocycles. The Bertz CT molecular complexity index is 1040. The first-order valence-electron chi connectivity index (χ1n) is 7.67. The van der Waals surface area contributed by atoms with Crippen molar-refractivity contribution in [1.29, 1.82) is 0 Å². The van der Waals surface area contributed by atoms with E-state index in [1.54, 1.807) is 11.3 Å². The van der Waals surface area contributed by atoms with Crippen LogP contribution in [0.1, 0.15) is 5.69 Å². The summed E-state index contributed by atoms with van der Waals surface area (Å²) in [5.41, 5.74) is 2.57.